The van der Waals surface area contributed by atoms with Crippen molar-refractivity contribution in [2.24, 2.45) is 17.6 Å². The normalized spacial score (nSPS) is 31.5. The molecule has 1 fully saturated rings. The van der Waals surface area contributed by atoms with Gasteiger partial charge in [-0.25, -0.2) is 8.42 Å². The van der Waals surface area contributed by atoms with E-state index in [4.69, 9.17) is 5.73 Å². The maximum atomic E-state index is 12.0. The number of hydrogen-bond donors (Lipinski definition) is 1. The molecule has 2 N–H and O–H groups in total. The smallest absolute Gasteiger partial charge is 0.155 e. The van der Waals surface area contributed by atoms with Crippen LogP contribution in [0.3, 0.4) is 0 Å². The van der Waals surface area contributed by atoms with E-state index in [0.717, 1.165) is 19.3 Å². The molecule has 1 rings (SSSR count). The molecule has 3 atom stereocenters. The minimum absolute atomic E-state index is 0.196. The van der Waals surface area contributed by atoms with Crippen molar-refractivity contribution < 1.29 is 8.42 Å². The van der Waals surface area contributed by atoms with Crippen LogP contribution in [0.1, 0.15) is 53.4 Å². The Bertz CT molecular complexity index is 343. The maximum Gasteiger partial charge on any atom is 0.155 e. The lowest BCUT2D eigenvalue weighted by molar-refractivity contribution is 0.240. The molecule has 1 aliphatic rings. The highest BCUT2D eigenvalue weighted by atomic mass is 32.2. The number of rotatable bonds is 3. The highest BCUT2D eigenvalue weighted by Gasteiger charge is 2.32. The molecule has 0 aromatic heterocycles. The molecule has 0 aromatic rings. The summed E-state index contributed by atoms with van der Waals surface area (Å²) in [6.45, 7) is 7.54. The molecule has 0 aliphatic heterocycles. The molecule has 1 aliphatic carbocycles. The molecule has 0 spiro atoms. The molecule has 0 radical (unpaired) electrons. The lowest BCUT2D eigenvalue weighted by Gasteiger charge is -2.33. The van der Waals surface area contributed by atoms with E-state index in [1.807, 2.05) is 0 Å². The van der Waals surface area contributed by atoms with E-state index >= 15 is 0 Å². The van der Waals surface area contributed by atoms with Gasteiger partial charge in [0.1, 0.15) is 0 Å². The molecule has 3 unspecified atom stereocenters. The van der Waals surface area contributed by atoms with Gasteiger partial charge in [0.2, 0.25) is 0 Å². The Morgan fingerprint density at radius 3 is 2.35 bits per heavy atom. The second-order valence-electron chi connectivity index (χ2n) is 6.56. The predicted molar refractivity (Wildman–Crippen MR) is 72.6 cm³/mol. The molecular formula is C13H27NO2S. The quantitative estimate of drug-likeness (QED) is 0.848. The van der Waals surface area contributed by atoms with Gasteiger partial charge in [-0.1, -0.05) is 6.92 Å². The molecule has 0 aromatic carbocycles. The average Bonchev–Trinajstić information content (AvgIpc) is 2.18. The molecule has 1 saturated carbocycles. The average molecular weight is 261 g/mol. The van der Waals surface area contributed by atoms with Gasteiger partial charge in [0.15, 0.2) is 9.84 Å². The van der Waals surface area contributed by atoms with Gasteiger partial charge >= 0.3 is 0 Å². The maximum absolute atomic E-state index is 12.0. The van der Waals surface area contributed by atoms with Crippen molar-refractivity contribution in [1.29, 1.82) is 0 Å². The van der Waals surface area contributed by atoms with Crippen LogP contribution in [-0.2, 0) is 9.84 Å². The number of sulfone groups is 1. The van der Waals surface area contributed by atoms with Gasteiger partial charge in [-0.2, -0.15) is 0 Å². The first-order valence-electron chi connectivity index (χ1n) is 6.61. The van der Waals surface area contributed by atoms with Crippen molar-refractivity contribution in [2.45, 2.75) is 64.2 Å². The Hall–Kier alpha value is -0.0900. The van der Waals surface area contributed by atoms with Crippen molar-refractivity contribution in [3.8, 4) is 0 Å². The summed E-state index contributed by atoms with van der Waals surface area (Å²) in [6.07, 6.45) is 4.04. The summed E-state index contributed by atoms with van der Waals surface area (Å²) in [5, 5.41) is 0. The number of nitrogens with two attached hydrogens (primary N) is 1. The Morgan fingerprint density at radius 1 is 1.24 bits per heavy atom. The first kappa shape index (κ1) is 15.0. The van der Waals surface area contributed by atoms with Crippen LogP contribution in [0.25, 0.3) is 0 Å². The third-order valence-electron chi connectivity index (χ3n) is 3.99. The van der Waals surface area contributed by atoms with Crippen LogP contribution in [-0.4, -0.2) is 25.0 Å². The van der Waals surface area contributed by atoms with Gasteiger partial charge in [0, 0.05) is 6.04 Å². The topological polar surface area (TPSA) is 60.2 Å². The van der Waals surface area contributed by atoms with Crippen LogP contribution in [0.15, 0.2) is 0 Å². The summed E-state index contributed by atoms with van der Waals surface area (Å²) in [7, 11) is -2.99. The monoisotopic (exact) mass is 261 g/mol. The third kappa shape index (κ3) is 3.95. The summed E-state index contributed by atoms with van der Waals surface area (Å²) < 4.78 is 23.4. The first-order chi connectivity index (χ1) is 7.63. The third-order valence-corrected chi connectivity index (χ3v) is 6.63. The summed E-state index contributed by atoms with van der Waals surface area (Å²) in [5.74, 6) is 1.36. The van der Waals surface area contributed by atoms with E-state index in [-0.39, 0.29) is 11.8 Å². The van der Waals surface area contributed by atoms with E-state index in [2.05, 4.69) is 6.92 Å². The van der Waals surface area contributed by atoms with Crippen LogP contribution in [0, 0.1) is 11.8 Å². The van der Waals surface area contributed by atoms with Crippen LogP contribution in [0.5, 0.6) is 0 Å². The minimum atomic E-state index is -2.99. The van der Waals surface area contributed by atoms with Crippen molar-refractivity contribution in [3.05, 3.63) is 0 Å². The van der Waals surface area contributed by atoms with E-state index in [1.165, 1.54) is 6.42 Å². The summed E-state index contributed by atoms with van der Waals surface area (Å²) in [6, 6.07) is 0.196. The Kier molecular flexibility index (Phi) is 4.64. The van der Waals surface area contributed by atoms with Crippen molar-refractivity contribution in [3.63, 3.8) is 0 Å². The predicted octanol–water partition coefficient (Wildman–Crippen LogP) is 2.35. The molecule has 17 heavy (non-hydrogen) atoms. The van der Waals surface area contributed by atoms with Crippen LogP contribution in [0.4, 0.5) is 0 Å². The highest BCUT2D eigenvalue weighted by molar-refractivity contribution is 7.92. The van der Waals surface area contributed by atoms with Gasteiger partial charge in [-0.3, -0.25) is 0 Å². The Morgan fingerprint density at radius 2 is 1.82 bits per heavy atom. The summed E-state index contributed by atoms with van der Waals surface area (Å²) >= 11 is 0. The molecule has 0 amide bonds. The molecule has 0 heterocycles. The largest absolute Gasteiger partial charge is 0.327 e. The van der Waals surface area contributed by atoms with Gasteiger partial charge in [0.25, 0.3) is 0 Å². The van der Waals surface area contributed by atoms with Crippen molar-refractivity contribution >= 4 is 9.84 Å². The van der Waals surface area contributed by atoms with Gasteiger partial charge in [-0.15, -0.1) is 0 Å². The van der Waals surface area contributed by atoms with Crippen molar-refractivity contribution in [1.82, 2.24) is 0 Å². The fourth-order valence-corrected chi connectivity index (χ4v) is 3.69. The second kappa shape index (κ2) is 5.27. The SMILES string of the molecule is CC1CCC(N)C(CCS(=O)(=O)C(C)(C)C)C1. The lowest BCUT2D eigenvalue weighted by Crippen LogP contribution is -2.38. The van der Waals surface area contributed by atoms with E-state index < -0.39 is 14.6 Å². The fraction of sp³-hybridized carbons (Fsp3) is 1.00. The highest BCUT2D eigenvalue weighted by Crippen LogP contribution is 2.31. The van der Waals surface area contributed by atoms with E-state index in [0.29, 0.717) is 11.8 Å². The standard InChI is InChI=1S/C13H27NO2S/c1-10-5-6-12(14)11(9-10)7-8-17(15,16)13(2,3)4/h10-12H,5-9,14H2,1-4H3. The van der Waals surface area contributed by atoms with Gasteiger partial charge in [0.05, 0.1) is 10.5 Å². The van der Waals surface area contributed by atoms with Gasteiger partial charge in [-0.05, 0) is 58.3 Å². The molecule has 0 bridgehead atoms. The summed E-state index contributed by atoms with van der Waals surface area (Å²) in [4.78, 5) is 0. The summed E-state index contributed by atoms with van der Waals surface area (Å²) in [5.41, 5.74) is 6.08. The molecule has 4 heteroatoms. The minimum Gasteiger partial charge on any atom is -0.327 e. The Labute approximate surface area is 106 Å². The first-order valence-corrected chi connectivity index (χ1v) is 8.26. The van der Waals surface area contributed by atoms with Crippen LogP contribution >= 0.6 is 0 Å². The van der Waals surface area contributed by atoms with E-state index in [1.54, 1.807) is 20.8 Å². The number of hydrogen-bond acceptors (Lipinski definition) is 3. The zero-order chi connectivity index (χ0) is 13.3. The van der Waals surface area contributed by atoms with E-state index in [9.17, 15) is 8.42 Å². The molecular weight excluding hydrogens is 234 g/mol. The van der Waals surface area contributed by atoms with Gasteiger partial charge < -0.3 is 5.73 Å². The fourth-order valence-electron chi connectivity index (χ4n) is 2.47. The van der Waals surface area contributed by atoms with Crippen LogP contribution < -0.4 is 5.73 Å². The molecule has 102 valence electrons. The molecule has 0 saturated heterocycles. The van der Waals surface area contributed by atoms with Crippen molar-refractivity contribution in [2.75, 3.05) is 5.75 Å². The zero-order valence-corrected chi connectivity index (χ0v) is 12.4. The Balaban J connectivity index is 2.56. The lowest BCUT2D eigenvalue weighted by atomic mass is 9.78. The second-order valence-corrected chi connectivity index (χ2v) is 9.42. The van der Waals surface area contributed by atoms with Crippen LogP contribution in [0.2, 0.25) is 0 Å². The molecule has 3 nitrogen and oxygen atoms in total. The zero-order valence-electron chi connectivity index (χ0n) is 11.6.